The number of carbonyl (C=O) groups excluding carboxylic acids is 8. The van der Waals surface area contributed by atoms with E-state index in [1.807, 2.05) is 134 Å². The lowest BCUT2D eigenvalue weighted by Crippen LogP contribution is -2.55. The number of amides is 4. The predicted molar refractivity (Wildman–Crippen MR) is 345 cm³/mol. The van der Waals surface area contributed by atoms with Gasteiger partial charge in [0.1, 0.15) is 24.2 Å². The smallest absolute Gasteiger partial charge is 0.329 e. The number of hydrogen-bond acceptors (Lipinski definition) is 14. The Morgan fingerprint density at radius 1 is 0.422 bits per heavy atom. The summed E-state index contributed by atoms with van der Waals surface area (Å²) in [5.74, 6) is -7.41. The van der Waals surface area contributed by atoms with Crippen molar-refractivity contribution in [2.75, 3.05) is 28.2 Å². The first kappa shape index (κ1) is 73.4. The van der Waals surface area contributed by atoms with E-state index in [0.717, 1.165) is 69.4 Å². The minimum absolute atomic E-state index is 0.0803. The predicted octanol–water partition coefficient (Wildman–Crippen LogP) is 9.29. The van der Waals surface area contributed by atoms with Crippen LogP contribution < -0.4 is 0 Å². The van der Waals surface area contributed by atoms with Crippen LogP contribution in [-0.2, 0) is 96.1 Å². The third-order valence-electron chi connectivity index (χ3n) is 17.1. The number of ether oxygens (including phenoxy) is 4. The molecule has 4 amide bonds. The van der Waals surface area contributed by atoms with Gasteiger partial charge in [-0.25, -0.2) is 19.2 Å². The molecule has 5 rings (SSSR count). The second-order valence-corrected chi connectivity index (χ2v) is 26.5. The fourth-order valence-corrected chi connectivity index (χ4v) is 11.9. The maximum Gasteiger partial charge on any atom is 0.329 e. The average Bonchev–Trinajstić information content (AvgIpc) is 1.70. The van der Waals surface area contributed by atoms with Crippen LogP contribution in [0.4, 0.5) is 0 Å². The third kappa shape index (κ3) is 19.3. The topological polar surface area (TPSA) is 222 Å². The molecule has 0 unspecified atom stereocenters. The SMILES string of the molecule is CCCc1c(C)nn(Cc2ccc(C[C@H]3OC(=O)[C@H](CC(C)C)N(C)C(=O)[C@@H](C)OC(=O)[C@H](CC(C)C)N(C)C(=O)[C@@H](Cc4cccc(Cn5nc(C)c(CCC)c5C)c4)OC(=O)[C@H](CC(C)C)N(C)C(=O)[C@@H](C)OC(=O)[C@H](CC(C)C)N(C)C3=O)cc2)c1C. The van der Waals surface area contributed by atoms with Gasteiger partial charge in [0.2, 0.25) is 0 Å². The summed E-state index contributed by atoms with van der Waals surface area (Å²) in [7, 11) is 5.64. The monoisotopic (exact) mass is 1250 g/mol. The number of carbonyl (C=O) groups is 8. The van der Waals surface area contributed by atoms with Gasteiger partial charge in [-0.1, -0.05) is 131 Å². The molecule has 3 heterocycles. The number of nitrogens with zero attached hydrogens (tertiary/aromatic N) is 8. The van der Waals surface area contributed by atoms with Gasteiger partial charge in [-0.3, -0.25) is 28.5 Å². The second kappa shape index (κ2) is 33.1. The lowest BCUT2D eigenvalue weighted by molar-refractivity contribution is -0.176. The standard InChI is InChI=1S/C70H104N8O12/c1-21-24-55-45(11)71-77(47(55)13)39-52-30-28-51(29-31-52)37-61-65(81)75(19)57(32-41(3)4)67(83)87-50(16)64(80)74(18)60(35-44(9)10)70(86)90-62(38-53-26-23-27-54(36-53)40-78-48(14)56(25-22-2)46(12)72-78)66(82)76(20)58(33-42(5)6)68(84)88-49(15)63(79)73(17)59(34-43(7)8)69(85)89-61/h23,26-31,36,41-44,49-50,57-62H,21-22,24-25,32-35,37-40H2,1-20H3/t49-,50-,57+,58+,59+,60+,61-,62-/m1/s1. The molecule has 1 saturated heterocycles. The number of rotatable bonds is 20. The van der Waals surface area contributed by atoms with Crippen LogP contribution in [0.3, 0.4) is 0 Å². The highest BCUT2D eigenvalue weighted by molar-refractivity contribution is 5.94. The van der Waals surface area contributed by atoms with Crippen molar-refractivity contribution in [2.45, 2.75) is 237 Å². The van der Waals surface area contributed by atoms with E-state index in [4.69, 9.17) is 29.1 Å². The lowest BCUT2D eigenvalue weighted by Gasteiger charge is -2.35. The molecular formula is C70H104N8O12. The fourth-order valence-electron chi connectivity index (χ4n) is 11.9. The quantitative estimate of drug-likeness (QED) is 0.0594. The summed E-state index contributed by atoms with van der Waals surface area (Å²) in [6.45, 7) is 31.0. The zero-order valence-electron chi connectivity index (χ0n) is 57.5. The molecule has 20 nitrogen and oxygen atoms in total. The maximum atomic E-state index is 15.3. The van der Waals surface area contributed by atoms with Gasteiger partial charge in [-0.15, -0.1) is 0 Å². The van der Waals surface area contributed by atoms with E-state index in [2.05, 4.69) is 20.8 Å². The van der Waals surface area contributed by atoms with Crippen LogP contribution in [0.1, 0.15) is 178 Å². The molecule has 0 N–H and O–H groups in total. The number of benzene rings is 2. The summed E-state index contributed by atoms with van der Waals surface area (Å²) in [5.41, 5.74) is 9.56. The molecule has 1 aliphatic rings. The highest BCUT2D eigenvalue weighted by atomic mass is 16.6. The van der Waals surface area contributed by atoms with Gasteiger partial charge in [0.05, 0.1) is 24.5 Å². The van der Waals surface area contributed by atoms with Crippen molar-refractivity contribution in [1.29, 1.82) is 0 Å². The molecule has 1 fully saturated rings. The normalized spacial score (nSPS) is 22.0. The molecule has 20 heteroatoms. The fraction of sp³-hybridized carbons (Fsp3) is 0.629. The molecule has 8 atom stereocenters. The van der Waals surface area contributed by atoms with Crippen LogP contribution in [0.25, 0.3) is 0 Å². The van der Waals surface area contributed by atoms with Crippen molar-refractivity contribution < 1.29 is 57.3 Å². The highest BCUT2D eigenvalue weighted by Gasteiger charge is 2.43. The van der Waals surface area contributed by atoms with E-state index in [1.165, 1.54) is 63.0 Å². The number of esters is 4. The number of aromatic nitrogens is 4. The Bertz CT molecular complexity index is 3110. The van der Waals surface area contributed by atoms with Gasteiger partial charge in [0.25, 0.3) is 23.6 Å². The third-order valence-corrected chi connectivity index (χ3v) is 17.1. The Kier molecular flexibility index (Phi) is 27.0. The molecule has 0 spiro atoms. The maximum absolute atomic E-state index is 15.3. The first-order valence-electron chi connectivity index (χ1n) is 32.4. The van der Waals surface area contributed by atoms with Gasteiger partial charge in [-0.2, -0.15) is 10.2 Å². The van der Waals surface area contributed by atoms with Gasteiger partial charge < -0.3 is 38.5 Å². The Hall–Kier alpha value is -7.38. The summed E-state index contributed by atoms with van der Waals surface area (Å²) < 4.78 is 28.5. The Labute approximate surface area is 535 Å². The van der Waals surface area contributed by atoms with Crippen molar-refractivity contribution in [3.63, 3.8) is 0 Å². The first-order valence-corrected chi connectivity index (χ1v) is 32.4. The van der Waals surface area contributed by atoms with Gasteiger partial charge >= 0.3 is 23.9 Å². The van der Waals surface area contributed by atoms with Crippen molar-refractivity contribution >= 4 is 47.5 Å². The number of likely N-dealkylation sites (N-methyl/N-ethyl adjacent to an activating group) is 4. The van der Waals surface area contributed by atoms with Crippen molar-refractivity contribution in [3.05, 3.63) is 105 Å². The second-order valence-electron chi connectivity index (χ2n) is 26.5. The van der Waals surface area contributed by atoms with Crippen LogP contribution in [0, 0.1) is 51.4 Å². The minimum Gasteiger partial charge on any atom is -0.451 e. The summed E-state index contributed by atoms with van der Waals surface area (Å²) in [4.78, 5) is 124. The van der Waals surface area contributed by atoms with Crippen LogP contribution in [0.5, 0.6) is 0 Å². The molecule has 4 aromatic rings. The summed E-state index contributed by atoms with van der Waals surface area (Å²) in [5, 5.41) is 9.62. The van der Waals surface area contributed by atoms with Crippen LogP contribution in [0.2, 0.25) is 0 Å². The summed E-state index contributed by atoms with van der Waals surface area (Å²) in [6.07, 6.45) is -2.25. The number of hydrogen-bond donors (Lipinski definition) is 0. The van der Waals surface area contributed by atoms with E-state index in [-0.39, 0.29) is 62.2 Å². The molecule has 496 valence electrons. The van der Waals surface area contributed by atoms with Crippen LogP contribution >= 0.6 is 0 Å². The molecule has 0 radical (unpaired) electrons. The van der Waals surface area contributed by atoms with Crippen LogP contribution in [0.15, 0.2) is 48.5 Å². The van der Waals surface area contributed by atoms with Crippen molar-refractivity contribution in [3.8, 4) is 0 Å². The zero-order chi connectivity index (χ0) is 67.2. The number of cyclic esters (lactones) is 4. The van der Waals surface area contributed by atoms with Crippen molar-refractivity contribution in [2.24, 2.45) is 23.7 Å². The van der Waals surface area contributed by atoms with Crippen LogP contribution in [-0.4, -0.2) is 163 Å². The summed E-state index contributed by atoms with van der Waals surface area (Å²) >= 11 is 0. The lowest BCUT2D eigenvalue weighted by atomic mass is 9.99. The molecule has 0 aliphatic carbocycles. The molecule has 0 saturated carbocycles. The van der Waals surface area contributed by atoms with Crippen molar-refractivity contribution in [1.82, 2.24) is 39.2 Å². The molecule has 2 aromatic carbocycles. The van der Waals surface area contributed by atoms with Gasteiger partial charge in [0, 0.05) is 52.4 Å². The minimum atomic E-state index is -1.55. The van der Waals surface area contributed by atoms with Gasteiger partial charge in [0.15, 0.2) is 24.4 Å². The van der Waals surface area contributed by atoms with E-state index in [9.17, 15) is 28.8 Å². The molecule has 1 aliphatic heterocycles. The largest absolute Gasteiger partial charge is 0.451 e. The average molecular weight is 1250 g/mol. The van der Waals surface area contributed by atoms with E-state index in [0.29, 0.717) is 24.2 Å². The Morgan fingerprint density at radius 2 is 0.733 bits per heavy atom. The zero-order valence-corrected chi connectivity index (χ0v) is 57.5. The van der Waals surface area contributed by atoms with Gasteiger partial charge in [-0.05, 0) is 137 Å². The molecule has 2 aromatic heterocycles. The van der Waals surface area contributed by atoms with E-state index >= 15 is 9.59 Å². The summed E-state index contributed by atoms with van der Waals surface area (Å²) in [6, 6.07) is 9.88. The van der Waals surface area contributed by atoms with E-state index in [1.54, 1.807) is 0 Å². The number of aryl methyl sites for hydroxylation is 2. The highest BCUT2D eigenvalue weighted by Crippen LogP contribution is 2.26. The molecular weight excluding hydrogens is 1140 g/mol. The Balaban J connectivity index is 1.60. The first-order chi connectivity index (χ1) is 42.3. The van der Waals surface area contributed by atoms with E-state index < -0.39 is 96.1 Å². The molecule has 90 heavy (non-hydrogen) atoms. The molecule has 0 bridgehead atoms. The Morgan fingerprint density at radius 3 is 1.09 bits per heavy atom.